The number of hydrogen-bond acceptors (Lipinski definition) is 2. The lowest BCUT2D eigenvalue weighted by Gasteiger charge is -2.18. The average molecular weight is 294 g/mol. The van der Waals surface area contributed by atoms with E-state index in [1.807, 2.05) is 30.7 Å². The molecule has 1 heterocycles. The molecule has 0 aliphatic heterocycles. The first-order chi connectivity index (χ1) is 9.81. The summed E-state index contributed by atoms with van der Waals surface area (Å²) in [6.07, 6.45) is 2.75. The molecule has 5 heteroatoms. The van der Waals surface area contributed by atoms with Crippen LogP contribution in [0.2, 0.25) is 0 Å². The van der Waals surface area contributed by atoms with Crippen molar-refractivity contribution in [3.8, 4) is 0 Å². The van der Waals surface area contributed by atoms with Gasteiger partial charge in [0.25, 0.3) is 5.91 Å². The van der Waals surface area contributed by atoms with Crippen LogP contribution in [0, 0.1) is 11.8 Å². The maximum Gasteiger partial charge on any atom is 0.303 e. The number of carbonyl (C=O) groups is 2. The van der Waals surface area contributed by atoms with Gasteiger partial charge in [-0.2, -0.15) is 0 Å². The minimum Gasteiger partial charge on any atom is -0.481 e. The number of aliphatic carboxylic acids is 1. The van der Waals surface area contributed by atoms with Gasteiger partial charge in [-0.15, -0.1) is 0 Å². The van der Waals surface area contributed by atoms with E-state index in [-0.39, 0.29) is 24.3 Å². The van der Waals surface area contributed by atoms with Gasteiger partial charge < -0.3 is 15.0 Å². The Morgan fingerprint density at radius 1 is 1.29 bits per heavy atom. The van der Waals surface area contributed by atoms with Gasteiger partial charge in [0.2, 0.25) is 0 Å². The number of amides is 1. The van der Waals surface area contributed by atoms with E-state index in [4.69, 9.17) is 5.11 Å². The van der Waals surface area contributed by atoms with Gasteiger partial charge in [-0.1, -0.05) is 13.8 Å². The molecular weight excluding hydrogens is 268 g/mol. The van der Waals surface area contributed by atoms with Crippen molar-refractivity contribution in [2.75, 3.05) is 6.54 Å². The van der Waals surface area contributed by atoms with E-state index in [2.05, 4.69) is 19.2 Å². The van der Waals surface area contributed by atoms with Crippen molar-refractivity contribution < 1.29 is 14.7 Å². The zero-order valence-electron chi connectivity index (χ0n) is 13.3. The SMILES string of the molecule is CC(C)C[C@H](CNC(=O)c1cccn1C(C)C)CC(=O)O. The third-order valence-corrected chi connectivity index (χ3v) is 3.39. The minimum atomic E-state index is -0.819. The number of nitrogens with one attached hydrogen (secondary N) is 1. The number of carboxylic acid groups (broad SMARTS) is 1. The van der Waals surface area contributed by atoms with Gasteiger partial charge in [0.15, 0.2) is 0 Å². The van der Waals surface area contributed by atoms with Crippen molar-refractivity contribution in [2.24, 2.45) is 11.8 Å². The molecule has 1 aromatic heterocycles. The zero-order valence-corrected chi connectivity index (χ0v) is 13.3. The maximum atomic E-state index is 12.2. The van der Waals surface area contributed by atoms with Crippen molar-refractivity contribution in [1.29, 1.82) is 0 Å². The topological polar surface area (TPSA) is 71.3 Å². The largest absolute Gasteiger partial charge is 0.481 e. The van der Waals surface area contributed by atoms with Crippen LogP contribution in [0.5, 0.6) is 0 Å². The third kappa shape index (κ3) is 5.61. The predicted octanol–water partition coefficient (Wildman–Crippen LogP) is 2.94. The Labute approximate surface area is 126 Å². The summed E-state index contributed by atoms with van der Waals surface area (Å²) in [5.74, 6) is -0.590. The molecule has 21 heavy (non-hydrogen) atoms. The van der Waals surface area contributed by atoms with Gasteiger partial charge in [-0.25, -0.2) is 0 Å². The molecule has 0 unspecified atom stereocenters. The lowest BCUT2D eigenvalue weighted by atomic mass is 9.94. The number of carbonyl (C=O) groups excluding carboxylic acids is 1. The summed E-state index contributed by atoms with van der Waals surface area (Å²) in [7, 11) is 0. The first-order valence-corrected chi connectivity index (χ1v) is 7.48. The molecule has 0 aromatic carbocycles. The van der Waals surface area contributed by atoms with E-state index < -0.39 is 5.97 Å². The summed E-state index contributed by atoms with van der Waals surface area (Å²) >= 11 is 0. The Balaban J connectivity index is 2.64. The fourth-order valence-electron chi connectivity index (χ4n) is 2.52. The van der Waals surface area contributed by atoms with Crippen LogP contribution in [-0.2, 0) is 4.79 Å². The van der Waals surface area contributed by atoms with Gasteiger partial charge in [-0.05, 0) is 44.2 Å². The van der Waals surface area contributed by atoms with Crippen LogP contribution in [-0.4, -0.2) is 28.1 Å². The van der Waals surface area contributed by atoms with Crippen LogP contribution < -0.4 is 5.32 Å². The summed E-state index contributed by atoms with van der Waals surface area (Å²) < 4.78 is 1.91. The summed E-state index contributed by atoms with van der Waals surface area (Å²) in [6, 6.07) is 3.84. The number of hydrogen-bond donors (Lipinski definition) is 2. The van der Waals surface area contributed by atoms with E-state index >= 15 is 0 Å². The number of carboxylic acids is 1. The molecule has 0 bridgehead atoms. The Kier molecular flexibility index (Phi) is 6.46. The van der Waals surface area contributed by atoms with Gasteiger partial charge in [0, 0.05) is 25.2 Å². The molecule has 0 spiro atoms. The molecule has 0 aliphatic carbocycles. The average Bonchev–Trinajstić information content (AvgIpc) is 2.83. The predicted molar refractivity (Wildman–Crippen MR) is 82.3 cm³/mol. The first-order valence-electron chi connectivity index (χ1n) is 7.48. The molecule has 1 atom stereocenters. The van der Waals surface area contributed by atoms with Crippen LogP contribution >= 0.6 is 0 Å². The van der Waals surface area contributed by atoms with Crippen LogP contribution in [0.4, 0.5) is 0 Å². The normalized spacial score (nSPS) is 12.7. The highest BCUT2D eigenvalue weighted by molar-refractivity contribution is 5.92. The van der Waals surface area contributed by atoms with Crippen molar-refractivity contribution in [3.05, 3.63) is 24.0 Å². The Hall–Kier alpha value is -1.78. The van der Waals surface area contributed by atoms with Crippen molar-refractivity contribution >= 4 is 11.9 Å². The Bertz CT molecular complexity index is 478. The molecule has 0 radical (unpaired) electrons. The number of rotatable bonds is 8. The van der Waals surface area contributed by atoms with E-state index in [1.54, 1.807) is 6.07 Å². The molecule has 0 fully saturated rings. The van der Waals surface area contributed by atoms with Crippen molar-refractivity contribution in [2.45, 2.75) is 46.6 Å². The number of aromatic nitrogens is 1. The fourth-order valence-corrected chi connectivity index (χ4v) is 2.52. The highest BCUT2D eigenvalue weighted by Crippen LogP contribution is 2.15. The van der Waals surface area contributed by atoms with Crippen LogP contribution in [0.15, 0.2) is 18.3 Å². The molecule has 1 rings (SSSR count). The maximum absolute atomic E-state index is 12.2. The summed E-state index contributed by atoms with van der Waals surface area (Å²) in [6.45, 7) is 8.54. The minimum absolute atomic E-state index is 0.0334. The van der Waals surface area contributed by atoms with E-state index in [0.717, 1.165) is 6.42 Å². The first kappa shape index (κ1) is 17.3. The molecule has 2 N–H and O–H groups in total. The van der Waals surface area contributed by atoms with Crippen molar-refractivity contribution in [3.63, 3.8) is 0 Å². The van der Waals surface area contributed by atoms with Crippen LogP contribution in [0.3, 0.4) is 0 Å². The molecule has 1 aromatic rings. The van der Waals surface area contributed by atoms with Gasteiger partial charge in [-0.3, -0.25) is 9.59 Å². The third-order valence-electron chi connectivity index (χ3n) is 3.39. The summed E-state index contributed by atoms with van der Waals surface area (Å²) in [5.41, 5.74) is 0.614. The zero-order chi connectivity index (χ0) is 16.0. The van der Waals surface area contributed by atoms with E-state index in [1.165, 1.54) is 0 Å². The monoisotopic (exact) mass is 294 g/mol. The second kappa shape index (κ2) is 7.86. The van der Waals surface area contributed by atoms with E-state index in [9.17, 15) is 9.59 Å². The Morgan fingerprint density at radius 2 is 1.95 bits per heavy atom. The quantitative estimate of drug-likeness (QED) is 0.774. The lowest BCUT2D eigenvalue weighted by Crippen LogP contribution is -2.32. The molecule has 118 valence electrons. The van der Waals surface area contributed by atoms with Gasteiger partial charge in [0.1, 0.15) is 5.69 Å². The summed E-state index contributed by atoms with van der Waals surface area (Å²) in [4.78, 5) is 23.1. The lowest BCUT2D eigenvalue weighted by molar-refractivity contribution is -0.138. The second-order valence-electron chi connectivity index (χ2n) is 6.20. The second-order valence-corrected chi connectivity index (χ2v) is 6.20. The highest BCUT2D eigenvalue weighted by Gasteiger charge is 2.18. The highest BCUT2D eigenvalue weighted by atomic mass is 16.4. The molecule has 0 saturated carbocycles. The fraction of sp³-hybridized carbons (Fsp3) is 0.625. The summed E-state index contributed by atoms with van der Waals surface area (Å²) in [5, 5.41) is 11.8. The standard InChI is InChI=1S/C16H26N2O3/c1-11(2)8-13(9-15(19)20)10-17-16(21)14-6-5-7-18(14)12(3)4/h5-7,11-13H,8-10H2,1-4H3,(H,17,21)(H,19,20)/t13-/m0/s1. The van der Waals surface area contributed by atoms with E-state index in [0.29, 0.717) is 18.2 Å². The Morgan fingerprint density at radius 3 is 2.48 bits per heavy atom. The molecular formula is C16H26N2O3. The van der Waals surface area contributed by atoms with Crippen molar-refractivity contribution in [1.82, 2.24) is 9.88 Å². The molecule has 0 saturated heterocycles. The molecule has 1 amide bonds. The molecule has 0 aliphatic rings. The smallest absolute Gasteiger partial charge is 0.303 e. The van der Waals surface area contributed by atoms with Gasteiger partial charge >= 0.3 is 5.97 Å². The number of nitrogens with zero attached hydrogens (tertiary/aromatic N) is 1. The van der Waals surface area contributed by atoms with Crippen LogP contribution in [0.1, 0.15) is 57.1 Å². The van der Waals surface area contributed by atoms with Gasteiger partial charge in [0.05, 0.1) is 0 Å². The molecule has 5 nitrogen and oxygen atoms in total. The van der Waals surface area contributed by atoms with Crippen LogP contribution in [0.25, 0.3) is 0 Å².